The highest BCUT2D eigenvalue weighted by Gasteiger charge is 2.28. The van der Waals surface area contributed by atoms with Crippen LogP contribution in [0.1, 0.15) is 32.9 Å². The van der Waals surface area contributed by atoms with E-state index in [-0.39, 0.29) is 5.92 Å². The smallest absolute Gasteiger partial charge is 0.0855 e. The first-order valence-electron chi connectivity index (χ1n) is 5.03. The van der Waals surface area contributed by atoms with Crippen molar-refractivity contribution in [3.8, 4) is 0 Å². The average molecular weight is 197 g/mol. The summed E-state index contributed by atoms with van der Waals surface area (Å²) in [5.74, 6) is 0.268. The fourth-order valence-corrected chi connectivity index (χ4v) is 1.46. The molecule has 0 aliphatic carbocycles. The monoisotopic (exact) mass is 197 g/mol. The number of aryl methyl sites for hydroxylation is 1. The number of hydrogen-bond acceptors (Lipinski definition) is 3. The second-order valence-corrected chi connectivity index (χ2v) is 4.23. The van der Waals surface area contributed by atoms with Crippen molar-refractivity contribution in [1.82, 2.24) is 15.0 Å². The maximum absolute atomic E-state index is 10.2. The summed E-state index contributed by atoms with van der Waals surface area (Å²) in [6.07, 6.45) is 3.37. The molecular weight excluding hydrogens is 178 g/mol. The molecule has 0 radical (unpaired) electrons. The maximum atomic E-state index is 10.2. The van der Waals surface area contributed by atoms with Gasteiger partial charge in [0.25, 0.3) is 0 Å². The second kappa shape index (κ2) is 4.09. The lowest BCUT2D eigenvalue weighted by molar-refractivity contribution is 0.00431. The van der Waals surface area contributed by atoms with Gasteiger partial charge in [-0.05, 0) is 12.8 Å². The summed E-state index contributed by atoms with van der Waals surface area (Å²) in [5.41, 5.74) is 0.155. The molecule has 14 heavy (non-hydrogen) atoms. The van der Waals surface area contributed by atoms with E-state index in [1.54, 1.807) is 4.68 Å². The van der Waals surface area contributed by atoms with Crippen LogP contribution in [0.4, 0.5) is 0 Å². The molecule has 1 heterocycles. The Hall–Kier alpha value is -0.900. The Bertz CT molecular complexity index is 293. The highest BCUT2D eigenvalue weighted by molar-refractivity contribution is 4.99. The molecule has 80 valence electrons. The zero-order chi connectivity index (χ0) is 10.8. The van der Waals surface area contributed by atoms with Crippen molar-refractivity contribution in [2.24, 2.45) is 13.0 Å². The zero-order valence-electron chi connectivity index (χ0n) is 9.36. The highest BCUT2D eigenvalue weighted by Crippen LogP contribution is 2.23. The van der Waals surface area contributed by atoms with E-state index < -0.39 is 5.60 Å². The van der Waals surface area contributed by atoms with Crippen LogP contribution in [0.25, 0.3) is 0 Å². The van der Waals surface area contributed by atoms with Crippen LogP contribution in [0.2, 0.25) is 0 Å². The number of aromatic nitrogens is 3. The van der Waals surface area contributed by atoms with Gasteiger partial charge in [0.05, 0.1) is 11.3 Å². The molecule has 0 aliphatic heterocycles. The Morgan fingerprint density at radius 1 is 1.64 bits per heavy atom. The molecule has 0 amide bonds. The van der Waals surface area contributed by atoms with E-state index in [4.69, 9.17) is 0 Å². The van der Waals surface area contributed by atoms with Gasteiger partial charge < -0.3 is 5.11 Å². The van der Waals surface area contributed by atoms with Gasteiger partial charge in [0.2, 0.25) is 0 Å². The first-order valence-corrected chi connectivity index (χ1v) is 5.03. The minimum atomic E-state index is -0.690. The quantitative estimate of drug-likeness (QED) is 0.788. The van der Waals surface area contributed by atoms with Gasteiger partial charge in [-0.1, -0.05) is 25.5 Å². The van der Waals surface area contributed by atoms with E-state index >= 15 is 0 Å². The van der Waals surface area contributed by atoms with Crippen LogP contribution < -0.4 is 0 Å². The summed E-state index contributed by atoms with van der Waals surface area (Å²) in [5, 5.41) is 18.0. The standard InChI is InChI=1S/C10H19N3O/c1-5-8(2)10(3,14)6-9-7-13(4)12-11-9/h7-8,14H,5-6H2,1-4H3. The van der Waals surface area contributed by atoms with Gasteiger partial charge in [0, 0.05) is 19.7 Å². The molecule has 0 spiro atoms. The molecule has 4 heteroatoms. The lowest BCUT2D eigenvalue weighted by Gasteiger charge is -2.28. The topological polar surface area (TPSA) is 50.9 Å². The maximum Gasteiger partial charge on any atom is 0.0855 e. The van der Waals surface area contributed by atoms with Crippen LogP contribution in [0, 0.1) is 5.92 Å². The highest BCUT2D eigenvalue weighted by atomic mass is 16.3. The van der Waals surface area contributed by atoms with E-state index in [2.05, 4.69) is 24.2 Å². The summed E-state index contributed by atoms with van der Waals surface area (Å²) < 4.78 is 1.65. The summed E-state index contributed by atoms with van der Waals surface area (Å²) in [6, 6.07) is 0. The number of rotatable bonds is 4. The fraction of sp³-hybridized carbons (Fsp3) is 0.800. The van der Waals surface area contributed by atoms with E-state index in [9.17, 15) is 5.11 Å². The van der Waals surface area contributed by atoms with Crippen LogP contribution in [0.5, 0.6) is 0 Å². The van der Waals surface area contributed by atoms with Crippen molar-refractivity contribution < 1.29 is 5.11 Å². The van der Waals surface area contributed by atoms with Gasteiger partial charge in [-0.2, -0.15) is 0 Å². The van der Waals surface area contributed by atoms with Crippen molar-refractivity contribution in [1.29, 1.82) is 0 Å². The van der Waals surface area contributed by atoms with E-state index in [1.807, 2.05) is 20.2 Å². The normalized spacial score (nSPS) is 17.8. The van der Waals surface area contributed by atoms with Crippen molar-refractivity contribution >= 4 is 0 Å². The summed E-state index contributed by atoms with van der Waals surface area (Å²) >= 11 is 0. The molecule has 1 aromatic rings. The third-order valence-electron chi connectivity index (χ3n) is 2.86. The molecule has 2 atom stereocenters. The molecule has 1 aromatic heterocycles. The SMILES string of the molecule is CCC(C)C(C)(O)Cc1cn(C)nn1. The molecule has 0 saturated carbocycles. The van der Waals surface area contributed by atoms with Crippen LogP contribution in [0.3, 0.4) is 0 Å². The first-order chi connectivity index (χ1) is 6.45. The van der Waals surface area contributed by atoms with Gasteiger partial charge in [0.15, 0.2) is 0 Å². The Morgan fingerprint density at radius 2 is 2.29 bits per heavy atom. The van der Waals surface area contributed by atoms with Gasteiger partial charge >= 0.3 is 0 Å². The minimum absolute atomic E-state index is 0.268. The van der Waals surface area contributed by atoms with Crippen LogP contribution >= 0.6 is 0 Å². The van der Waals surface area contributed by atoms with Gasteiger partial charge in [-0.15, -0.1) is 5.10 Å². The third-order valence-corrected chi connectivity index (χ3v) is 2.86. The van der Waals surface area contributed by atoms with Crippen molar-refractivity contribution in [3.05, 3.63) is 11.9 Å². The molecule has 1 rings (SSSR count). The molecule has 0 bridgehead atoms. The van der Waals surface area contributed by atoms with Gasteiger partial charge in [-0.25, -0.2) is 0 Å². The Labute approximate surface area is 84.9 Å². The molecule has 0 aromatic carbocycles. The number of nitrogens with zero attached hydrogens (tertiary/aromatic N) is 3. The van der Waals surface area contributed by atoms with Crippen LogP contribution in [0.15, 0.2) is 6.20 Å². The van der Waals surface area contributed by atoms with E-state index in [0.717, 1.165) is 12.1 Å². The average Bonchev–Trinajstić information content (AvgIpc) is 2.48. The molecule has 4 nitrogen and oxygen atoms in total. The Morgan fingerprint density at radius 3 is 2.71 bits per heavy atom. The predicted octanol–water partition coefficient (Wildman–Crippen LogP) is 1.15. The van der Waals surface area contributed by atoms with Crippen molar-refractivity contribution in [3.63, 3.8) is 0 Å². The predicted molar refractivity (Wildman–Crippen MR) is 54.8 cm³/mol. The molecule has 0 aliphatic rings. The summed E-state index contributed by atoms with van der Waals surface area (Å²) in [7, 11) is 1.83. The van der Waals surface area contributed by atoms with Gasteiger partial charge in [0.1, 0.15) is 0 Å². The molecular formula is C10H19N3O. The lowest BCUT2D eigenvalue weighted by Crippen LogP contribution is -2.35. The van der Waals surface area contributed by atoms with E-state index in [0.29, 0.717) is 6.42 Å². The van der Waals surface area contributed by atoms with Crippen LogP contribution in [-0.4, -0.2) is 25.7 Å². The Kier molecular flexibility index (Phi) is 3.26. The van der Waals surface area contributed by atoms with Crippen molar-refractivity contribution in [2.75, 3.05) is 0 Å². The van der Waals surface area contributed by atoms with Crippen molar-refractivity contribution in [2.45, 2.75) is 39.2 Å². The fourth-order valence-electron chi connectivity index (χ4n) is 1.46. The lowest BCUT2D eigenvalue weighted by atomic mass is 9.85. The molecule has 2 unspecified atom stereocenters. The number of aliphatic hydroxyl groups is 1. The molecule has 1 N–H and O–H groups in total. The second-order valence-electron chi connectivity index (χ2n) is 4.23. The first kappa shape index (κ1) is 11.2. The summed E-state index contributed by atoms with van der Waals surface area (Å²) in [6.45, 7) is 5.99. The van der Waals surface area contributed by atoms with Gasteiger partial charge in [-0.3, -0.25) is 4.68 Å². The summed E-state index contributed by atoms with van der Waals surface area (Å²) in [4.78, 5) is 0. The largest absolute Gasteiger partial charge is 0.389 e. The molecule has 0 saturated heterocycles. The van der Waals surface area contributed by atoms with Crippen LogP contribution in [-0.2, 0) is 13.5 Å². The Balaban J connectivity index is 2.67. The molecule has 0 fully saturated rings. The number of hydrogen-bond donors (Lipinski definition) is 1. The third kappa shape index (κ3) is 2.54. The van der Waals surface area contributed by atoms with E-state index in [1.165, 1.54) is 0 Å². The minimum Gasteiger partial charge on any atom is -0.389 e. The zero-order valence-corrected chi connectivity index (χ0v) is 9.36.